The second-order valence-corrected chi connectivity index (χ2v) is 4.63. The molecule has 0 aliphatic heterocycles. The lowest BCUT2D eigenvalue weighted by atomic mass is 10.2. The van der Waals surface area contributed by atoms with Crippen LogP contribution >= 0.6 is 0 Å². The number of hydrogen-bond donors (Lipinski definition) is 1. The Bertz CT molecular complexity index is 539. The predicted octanol–water partition coefficient (Wildman–Crippen LogP) is 3.02. The highest BCUT2D eigenvalue weighted by Crippen LogP contribution is 2.27. The highest BCUT2D eigenvalue weighted by atomic mass is 16.5. The summed E-state index contributed by atoms with van der Waals surface area (Å²) < 4.78 is 10.8. The molecule has 0 aliphatic rings. The van der Waals surface area contributed by atoms with Gasteiger partial charge in [0.2, 0.25) is 11.7 Å². The van der Waals surface area contributed by atoms with Gasteiger partial charge in [0, 0.05) is 6.04 Å². The monoisotopic (exact) mass is 275 g/mol. The third kappa shape index (κ3) is 3.57. The molecule has 1 N–H and O–H groups in total. The second kappa shape index (κ2) is 7.05. The van der Waals surface area contributed by atoms with E-state index < -0.39 is 0 Å². The summed E-state index contributed by atoms with van der Waals surface area (Å²) in [4.78, 5) is 4.41. The van der Waals surface area contributed by atoms with Crippen molar-refractivity contribution < 1.29 is 9.26 Å². The first-order chi connectivity index (χ1) is 9.74. The molecule has 0 saturated carbocycles. The van der Waals surface area contributed by atoms with E-state index >= 15 is 0 Å². The smallest absolute Gasteiger partial charge is 0.240 e. The average Bonchev–Trinajstić information content (AvgIpc) is 2.94. The van der Waals surface area contributed by atoms with Gasteiger partial charge in [0.15, 0.2) is 0 Å². The highest BCUT2D eigenvalue weighted by molar-refractivity contribution is 5.63. The molecule has 2 aromatic rings. The van der Waals surface area contributed by atoms with Crippen molar-refractivity contribution in [2.24, 2.45) is 0 Å². The fourth-order valence-electron chi connectivity index (χ4n) is 1.77. The zero-order valence-corrected chi connectivity index (χ0v) is 12.2. The molecule has 1 unspecified atom stereocenters. The quantitative estimate of drug-likeness (QED) is 0.841. The van der Waals surface area contributed by atoms with Crippen LogP contribution < -0.4 is 10.1 Å². The molecule has 0 aliphatic carbocycles. The minimum absolute atomic E-state index is 0.432. The van der Waals surface area contributed by atoms with Crippen molar-refractivity contribution in [1.29, 1.82) is 0 Å². The molecule has 0 amide bonds. The van der Waals surface area contributed by atoms with Gasteiger partial charge >= 0.3 is 0 Å². The van der Waals surface area contributed by atoms with E-state index in [1.807, 2.05) is 31.2 Å². The van der Waals surface area contributed by atoms with Crippen molar-refractivity contribution in [1.82, 2.24) is 15.5 Å². The predicted molar refractivity (Wildman–Crippen MR) is 77.5 cm³/mol. The van der Waals surface area contributed by atoms with Crippen LogP contribution in [0.2, 0.25) is 0 Å². The van der Waals surface area contributed by atoms with Gasteiger partial charge in [-0.1, -0.05) is 24.2 Å². The average molecular weight is 275 g/mol. The van der Waals surface area contributed by atoms with Gasteiger partial charge in [0.05, 0.1) is 18.7 Å². The van der Waals surface area contributed by atoms with Crippen LogP contribution in [0.5, 0.6) is 5.75 Å². The molecule has 1 aromatic carbocycles. The molecule has 2 rings (SSSR count). The van der Waals surface area contributed by atoms with Gasteiger partial charge in [-0.3, -0.25) is 0 Å². The molecule has 108 valence electrons. The fraction of sp³-hybridized carbons (Fsp3) is 0.467. The molecule has 1 atom stereocenters. The molecule has 0 radical (unpaired) electrons. The third-order valence-corrected chi connectivity index (χ3v) is 3.11. The van der Waals surface area contributed by atoms with Crippen molar-refractivity contribution >= 4 is 0 Å². The molecule has 0 bridgehead atoms. The summed E-state index contributed by atoms with van der Waals surface area (Å²) >= 11 is 0. The lowest BCUT2D eigenvalue weighted by molar-refractivity contribution is 0.340. The van der Waals surface area contributed by atoms with E-state index in [0.717, 1.165) is 17.7 Å². The molecule has 20 heavy (non-hydrogen) atoms. The van der Waals surface area contributed by atoms with Crippen molar-refractivity contribution in [3.05, 3.63) is 30.2 Å². The fourth-order valence-corrected chi connectivity index (χ4v) is 1.77. The van der Waals surface area contributed by atoms with Crippen molar-refractivity contribution in [3.63, 3.8) is 0 Å². The maximum absolute atomic E-state index is 5.58. The number of nitrogens with one attached hydrogen (secondary N) is 1. The first-order valence-electron chi connectivity index (χ1n) is 7.02. The number of para-hydroxylation sites is 1. The Morgan fingerprint density at radius 1 is 1.30 bits per heavy atom. The van der Waals surface area contributed by atoms with Crippen LogP contribution in [-0.2, 0) is 6.54 Å². The molecule has 5 nitrogen and oxygen atoms in total. The number of nitrogens with zero attached hydrogens (tertiary/aromatic N) is 2. The van der Waals surface area contributed by atoms with Crippen LogP contribution in [0.4, 0.5) is 0 Å². The summed E-state index contributed by atoms with van der Waals surface area (Å²) in [6.45, 7) is 7.40. The van der Waals surface area contributed by atoms with Crippen LogP contribution in [0.25, 0.3) is 11.4 Å². The summed E-state index contributed by atoms with van der Waals surface area (Å²) in [6, 6.07) is 8.14. The summed E-state index contributed by atoms with van der Waals surface area (Å²) in [5.74, 6) is 1.93. The van der Waals surface area contributed by atoms with Crippen LogP contribution in [0, 0.1) is 0 Å². The SMILES string of the molecule is CCOc1ccccc1-c1noc(CNC(C)CC)n1. The van der Waals surface area contributed by atoms with E-state index in [0.29, 0.717) is 30.9 Å². The summed E-state index contributed by atoms with van der Waals surface area (Å²) in [6.07, 6.45) is 1.06. The van der Waals surface area contributed by atoms with Crippen molar-refractivity contribution in [2.45, 2.75) is 39.8 Å². The summed E-state index contributed by atoms with van der Waals surface area (Å²) in [5, 5.41) is 7.35. The normalized spacial score (nSPS) is 12.3. The Hall–Kier alpha value is -1.88. The molecule has 5 heteroatoms. The number of benzene rings is 1. The van der Waals surface area contributed by atoms with E-state index in [-0.39, 0.29) is 0 Å². The van der Waals surface area contributed by atoms with Gasteiger partial charge in [-0.25, -0.2) is 0 Å². The lowest BCUT2D eigenvalue weighted by Gasteiger charge is -2.07. The van der Waals surface area contributed by atoms with Crippen molar-refractivity contribution in [3.8, 4) is 17.1 Å². The Balaban J connectivity index is 2.12. The van der Waals surface area contributed by atoms with Crippen LogP contribution in [0.1, 0.15) is 33.1 Å². The molecule has 0 spiro atoms. The first kappa shape index (κ1) is 14.5. The maximum Gasteiger partial charge on any atom is 0.240 e. The van der Waals surface area contributed by atoms with Gasteiger partial charge in [0.25, 0.3) is 0 Å². The van der Waals surface area contributed by atoms with Gasteiger partial charge in [0.1, 0.15) is 5.75 Å². The number of rotatable bonds is 7. The molecule has 1 aromatic heterocycles. The van der Waals surface area contributed by atoms with Crippen LogP contribution in [0.15, 0.2) is 28.8 Å². The number of ether oxygens (including phenoxy) is 1. The van der Waals surface area contributed by atoms with Crippen LogP contribution in [-0.4, -0.2) is 22.8 Å². The summed E-state index contributed by atoms with van der Waals surface area (Å²) in [5.41, 5.74) is 0.855. The molecular weight excluding hydrogens is 254 g/mol. The Morgan fingerprint density at radius 2 is 2.10 bits per heavy atom. The Morgan fingerprint density at radius 3 is 2.85 bits per heavy atom. The van der Waals surface area contributed by atoms with Gasteiger partial charge in [-0.15, -0.1) is 0 Å². The minimum Gasteiger partial charge on any atom is -0.493 e. The minimum atomic E-state index is 0.432. The molecule has 0 saturated heterocycles. The zero-order valence-electron chi connectivity index (χ0n) is 12.2. The summed E-state index contributed by atoms with van der Waals surface area (Å²) in [7, 11) is 0. The van der Waals surface area contributed by atoms with E-state index in [2.05, 4.69) is 29.3 Å². The number of hydrogen-bond acceptors (Lipinski definition) is 5. The second-order valence-electron chi connectivity index (χ2n) is 4.63. The first-order valence-corrected chi connectivity index (χ1v) is 7.02. The van der Waals surface area contributed by atoms with Crippen LogP contribution in [0.3, 0.4) is 0 Å². The van der Waals surface area contributed by atoms with E-state index in [9.17, 15) is 0 Å². The number of aromatic nitrogens is 2. The highest BCUT2D eigenvalue weighted by Gasteiger charge is 2.13. The van der Waals surface area contributed by atoms with Gasteiger partial charge < -0.3 is 14.6 Å². The lowest BCUT2D eigenvalue weighted by Crippen LogP contribution is -2.24. The molecule has 0 fully saturated rings. The third-order valence-electron chi connectivity index (χ3n) is 3.11. The van der Waals surface area contributed by atoms with Gasteiger partial charge in [-0.2, -0.15) is 4.98 Å². The van der Waals surface area contributed by atoms with E-state index in [1.165, 1.54) is 0 Å². The largest absolute Gasteiger partial charge is 0.493 e. The topological polar surface area (TPSA) is 60.2 Å². The van der Waals surface area contributed by atoms with E-state index in [1.54, 1.807) is 0 Å². The molecule has 1 heterocycles. The maximum atomic E-state index is 5.58. The standard InChI is InChI=1S/C15H21N3O2/c1-4-11(3)16-10-14-17-15(18-20-14)12-8-6-7-9-13(12)19-5-2/h6-9,11,16H,4-5,10H2,1-3H3. The Kier molecular flexibility index (Phi) is 5.12. The molecular formula is C15H21N3O2. The zero-order chi connectivity index (χ0) is 14.4. The van der Waals surface area contributed by atoms with E-state index in [4.69, 9.17) is 9.26 Å². The Labute approximate surface area is 119 Å². The van der Waals surface area contributed by atoms with Gasteiger partial charge in [-0.05, 0) is 32.4 Å². The van der Waals surface area contributed by atoms with Crippen molar-refractivity contribution in [2.75, 3.05) is 6.61 Å².